The van der Waals surface area contributed by atoms with Gasteiger partial charge in [-0.1, -0.05) is 36.4 Å². The van der Waals surface area contributed by atoms with Crippen molar-refractivity contribution in [2.45, 2.75) is 19.6 Å². The molecule has 0 fully saturated rings. The summed E-state index contributed by atoms with van der Waals surface area (Å²) in [6, 6.07) is 18.3. The van der Waals surface area contributed by atoms with Crippen LogP contribution >= 0.6 is 11.3 Å². The van der Waals surface area contributed by atoms with Crippen molar-refractivity contribution >= 4 is 23.0 Å². The Balaban J connectivity index is 1.69. The number of thiophene rings is 1. The lowest BCUT2D eigenvalue weighted by atomic mass is 10.2. The molecule has 0 saturated heterocycles. The number of nitro groups is 1. The van der Waals surface area contributed by atoms with Crippen molar-refractivity contribution in [1.29, 1.82) is 0 Å². The van der Waals surface area contributed by atoms with Gasteiger partial charge in [0.1, 0.15) is 5.75 Å². The molecule has 2 aromatic carbocycles. The van der Waals surface area contributed by atoms with Crippen LogP contribution in [0.2, 0.25) is 0 Å². The Hall–Kier alpha value is -3.39. The largest absolute Gasteiger partial charge is 0.496 e. The van der Waals surface area contributed by atoms with Crippen LogP contribution in [-0.2, 0) is 19.6 Å². The maximum atomic E-state index is 10.8. The molecule has 0 unspecified atom stereocenters. The molecule has 1 aromatic heterocycles. The average molecular weight is 410 g/mol. The zero-order valence-corrected chi connectivity index (χ0v) is 16.8. The van der Waals surface area contributed by atoms with Crippen molar-refractivity contribution in [2.75, 3.05) is 7.11 Å². The summed E-state index contributed by atoms with van der Waals surface area (Å²) < 4.78 is 5.40. The second kappa shape index (κ2) is 10.2. The first kappa shape index (κ1) is 20.3. The number of hydrogen-bond donors (Lipinski definition) is 2. The fourth-order valence-corrected chi connectivity index (χ4v) is 3.32. The van der Waals surface area contributed by atoms with Gasteiger partial charge in [0.15, 0.2) is 5.96 Å². The van der Waals surface area contributed by atoms with E-state index in [1.807, 2.05) is 35.7 Å². The van der Waals surface area contributed by atoms with Crippen LogP contribution in [0.4, 0.5) is 5.69 Å². The Morgan fingerprint density at radius 1 is 1.07 bits per heavy atom. The monoisotopic (exact) mass is 410 g/mol. The van der Waals surface area contributed by atoms with Crippen LogP contribution in [0.5, 0.6) is 5.75 Å². The number of nitro benzene ring substituents is 1. The number of guanidine groups is 1. The van der Waals surface area contributed by atoms with E-state index >= 15 is 0 Å². The summed E-state index contributed by atoms with van der Waals surface area (Å²) in [4.78, 5) is 16.2. The smallest absolute Gasteiger partial charge is 0.269 e. The van der Waals surface area contributed by atoms with Gasteiger partial charge in [0, 0.05) is 29.1 Å². The summed E-state index contributed by atoms with van der Waals surface area (Å²) in [5.74, 6) is 1.47. The number of non-ortho nitro benzene ring substituents is 1. The highest BCUT2D eigenvalue weighted by atomic mass is 32.1. The Bertz CT molecular complexity index is 956. The second-order valence-electron chi connectivity index (χ2n) is 6.19. The highest BCUT2D eigenvalue weighted by Crippen LogP contribution is 2.17. The molecule has 7 nitrogen and oxygen atoms in total. The lowest BCUT2D eigenvalue weighted by molar-refractivity contribution is -0.384. The molecule has 0 aliphatic rings. The molecule has 3 aromatic rings. The number of ether oxygens (including phenoxy) is 1. The first-order valence-electron chi connectivity index (χ1n) is 9.05. The molecule has 0 radical (unpaired) electrons. The fraction of sp³-hybridized carbons (Fsp3) is 0.190. The lowest BCUT2D eigenvalue weighted by Gasteiger charge is -2.14. The highest BCUT2D eigenvalue weighted by molar-refractivity contribution is 7.09. The van der Waals surface area contributed by atoms with Crippen molar-refractivity contribution in [3.05, 3.63) is 92.2 Å². The maximum absolute atomic E-state index is 10.8. The van der Waals surface area contributed by atoms with E-state index in [4.69, 9.17) is 4.74 Å². The van der Waals surface area contributed by atoms with Gasteiger partial charge in [-0.25, -0.2) is 4.99 Å². The minimum absolute atomic E-state index is 0.0723. The number of rotatable bonds is 8. The third kappa shape index (κ3) is 6.05. The van der Waals surface area contributed by atoms with Gasteiger partial charge in [-0.2, -0.15) is 0 Å². The Kier molecular flexibility index (Phi) is 7.18. The van der Waals surface area contributed by atoms with Crippen LogP contribution in [0, 0.1) is 10.1 Å². The van der Waals surface area contributed by atoms with E-state index in [2.05, 4.69) is 21.7 Å². The molecule has 0 amide bonds. The predicted octanol–water partition coefficient (Wildman–Crippen LogP) is 4.10. The summed E-state index contributed by atoms with van der Waals surface area (Å²) in [7, 11) is 1.65. The third-order valence-electron chi connectivity index (χ3n) is 4.22. The predicted molar refractivity (Wildman–Crippen MR) is 115 cm³/mol. The molecule has 0 spiro atoms. The summed E-state index contributed by atoms with van der Waals surface area (Å²) in [5.41, 5.74) is 1.99. The van der Waals surface area contributed by atoms with Gasteiger partial charge < -0.3 is 15.4 Å². The second-order valence-corrected chi connectivity index (χ2v) is 7.22. The van der Waals surface area contributed by atoms with Gasteiger partial charge >= 0.3 is 0 Å². The summed E-state index contributed by atoms with van der Waals surface area (Å²) in [5, 5.41) is 19.5. The fourth-order valence-electron chi connectivity index (χ4n) is 2.68. The molecule has 0 bridgehead atoms. The number of methoxy groups -OCH3 is 1. The highest BCUT2D eigenvalue weighted by Gasteiger charge is 2.06. The van der Waals surface area contributed by atoms with Crippen LogP contribution in [0.1, 0.15) is 16.0 Å². The van der Waals surface area contributed by atoms with E-state index in [1.54, 1.807) is 30.6 Å². The summed E-state index contributed by atoms with van der Waals surface area (Å²) >= 11 is 1.68. The van der Waals surface area contributed by atoms with Crippen LogP contribution in [-0.4, -0.2) is 18.0 Å². The molecule has 0 saturated carbocycles. The van der Waals surface area contributed by atoms with Gasteiger partial charge in [-0.3, -0.25) is 10.1 Å². The van der Waals surface area contributed by atoms with Crippen molar-refractivity contribution in [2.24, 2.45) is 4.99 Å². The number of benzene rings is 2. The molecule has 150 valence electrons. The molecule has 2 N–H and O–H groups in total. The minimum Gasteiger partial charge on any atom is -0.496 e. The number of hydrogen-bond acceptors (Lipinski definition) is 5. The Labute approximate surface area is 173 Å². The van der Waals surface area contributed by atoms with Gasteiger partial charge in [-0.15, -0.1) is 11.3 Å². The van der Waals surface area contributed by atoms with E-state index in [0.717, 1.165) is 16.9 Å². The van der Waals surface area contributed by atoms with Gasteiger partial charge in [0.05, 0.1) is 25.1 Å². The van der Waals surface area contributed by atoms with Crippen LogP contribution in [0.25, 0.3) is 0 Å². The average Bonchev–Trinajstić information content (AvgIpc) is 3.27. The zero-order chi connectivity index (χ0) is 20.5. The SMILES string of the molecule is COc1ccccc1CNC(=NCc1ccc([N+](=O)[O-])cc1)NCc1cccs1. The van der Waals surface area contributed by atoms with E-state index in [1.165, 1.54) is 17.0 Å². The quantitative estimate of drug-likeness (QED) is 0.253. The van der Waals surface area contributed by atoms with Gasteiger partial charge in [0.2, 0.25) is 0 Å². The molecule has 3 rings (SSSR count). The van der Waals surface area contributed by atoms with E-state index in [9.17, 15) is 10.1 Å². The standard InChI is InChI=1S/C21H22N4O3S/c1-28-20-7-3-2-5-17(20)14-23-21(24-15-19-6-4-12-29-19)22-13-16-8-10-18(11-9-16)25(26)27/h2-12H,13-15H2,1H3,(H2,22,23,24). The zero-order valence-electron chi connectivity index (χ0n) is 16.0. The third-order valence-corrected chi connectivity index (χ3v) is 5.09. The summed E-state index contributed by atoms with van der Waals surface area (Å²) in [6.45, 7) is 1.62. The van der Waals surface area contributed by atoms with Gasteiger partial charge in [-0.05, 0) is 23.1 Å². The summed E-state index contributed by atoms with van der Waals surface area (Å²) in [6.07, 6.45) is 0. The van der Waals surface area contributed by atoms with Crippen molar-refractivity contribution in [3.63, 3.8) is 0 Å². The molecule has 1 heterocycles. The number of aliphatic imine (C=N–C) groups is 1. The van der Waals surface area contributed by atoms with Crippen LogP contribution in [0.15, 0.2) is 71.0 Å². The van der Waals surface area contributed by atoms with Gasteiger partial charge in [0.25, 0.3) is 5.69 Å². The molecule has 29 heavy (non-hydrogen) atoms. The number of nitrogens with zero attached hydrogens (tertiary/aromatic N) is 2. The van der Waals surface area contributed by atoms with E-state index in [-0.39, 0.29) is 5.69 Å². The molecular formula is C21H22N4O3S. The van der Waals surface area contributed by atoms with Crippen LogP contribution < -0.4 is 15.4 Å². The van der Waals surface area contributed by atoms with E-state index < -0.39 is 4.92 Å². The normalized spacial score (nSPS) is 11.1. The maximum Gasteiger partial charge on any atom is 0.269 e. The van der Waals surface area contributed by atoms with E-state index in [0.29, 0.717) is 25.6 Å². The first-order valence-corrected chi connectivity index (χ1v) is 9.93. The Morgan fingerprint density at radius 2 is 1.83 bits per heavy atom. The first-order chi connectivity index (χ1) is 14.2. The topological polar surface area (TPSA) is 88.8 Å². The molecular weight excluding hydrogens is 388 g/mol. The molecule has 8 heteroatoms. The van der Waals surface area contributed by atoms with Crippen molar-refractivity contribution in [1.82, 2.24) is 10.6 Å². The van der Waals surface area contributed by atoms with Crippen molar-refractivity contribution < 1.29 is 9.66 Å². The number of nitrogens with one attached hydrogen (secondary N) is 2. The minimum atomic E-state index is -0.407. The lowest BCUT2D eigenvalue weighted by Crippen LogP contribution is -2.36. The molecule has 0 aliphatic heterocycles. The Morgan fingerprint density at radius 3 is 2.52 bits per heavy atom. The van der Waals surface area contributed by atoms with Crippen LogP contribution in [0.3, 0.4) is 0 Å². The molecule has 0 atom stereocenters. The molecule has 0 aliphatic carbocycles. The number of para-hydroxylation sites is 1. The van der Waals surface area contributed by atoms with Crippen molar-refractivity contribution in [3.8, 4) is 5.75 Å².